The molecule has 0 radical (unpaired) electrons. The third kappa shape index (κ3) is 4.98. The lowest BCUT2D eigenvalue weighted by atomic mass is 10.1. The summed E-state index contributed by atoms with van der Waals surface area (Å²) >= 11 is 3.52. The topological polar surface area (TPSA) is 101 Å². The zero-order valence-corrected chi connectivity index (χ0v) is 19.4. The highest BCUT2D eigenvalue weighted by Gasteiger charge is 2.35. The molecule has 1 fully saturated rings. The first-order chi connectivity index (χ1) is 15.8. The number of furan rings is 1. The van der Waals surface area contributed by atoms with Gasteiger partial charge in [-0.25, -0.2) is 9.69 Å². The highest BCUT2D eigenvalue weighted by Crippen LogP contribution is 2.31. The lowest BCUT2D eigenvalue weighted by Gasteiger charge is -2.12. The van der Waals surface area contributed by atoms with Gasteiger partial charge in [0.05, 0.1) is 7.11 Å². The van der Waals surface area contributed by atoms with Crippen LogP contribution in [-0.2, 0) is 9.59 Å². The Balaban J connectivity index is 1.44. The summed E-state index contributed by atoms with van der Waals surface area (Å²) in [7, 11) is 1.54. The second kappa shape index (κ2) is 9.33. The van der Waals surface area contributed by atoms with Crippen molar-refractivity contribution in [3.8, 4) is 17.1 Å². The van der Waals surface area contributed by atoms with E-state index in [9.17, 15) is 14.4 Å². The number of nitrogens with zero attached hydrogens (tertiary/aromatic N) is 1. The van der Waals surface area contributed by atoms with Crippen molar-refractivity contribution in [2.24, 2.45) is 0 Å². The second-order valence-corrected chi connectivity index (χ2v) is 8.20. The fourth-order valence-electron chi connectivity index (χ4n) is 3.27. The quantitative estimate of drug-likeness (QED) is 0.374. The summed E-state index contributed by atoms with van der Waals surface area (Å²) in [5.41, 5.74) is 2.52. The van der Waals surface area contributed by atoms with E-state index < -0.39 is 24.4 Å². The summed E-state index contributed by atoms with van der Waals surface area (Å²) in [4.78, 5) is 38.1. The standard InChI is InChI=1S/C24H20BrN3O5/c1-14-3-9-18(19(25)11-14)21-10-8-17(33-21)12-20-23(30)28(24(31)27-20)13-22(29)26-15-4-6-16(32-2)7-5-15/h3-12H,13H2,1-2H3,(H,26,29)(H,27,31)/b20-12-. The molecule has 0 saturated carbocycles. The van der Waals surface area contributed by atoms with Crippen molar-refractivity contribution in [3.63, 3.8) is 0 Å². The molecule has 0 atom stereocenters. The van der Waals surface area contributed by atoms with Gasteiger partial charge >= 0.3 is 6.03 Å². The number of imide groups is 1. The van der Waals surface area contributed by atoms with Crippen molar-refractivity contribution in [2.75, 3.05) is 19.0 Å². The largest absolute Gasteiger partial charge is 0.497 e. The summed E-state index contributed by atoms with van der Waals surface area (Å²) in [5.74, 6) is 0.536. The Morgan fingerprint density at radius 2 is 1.91 bits per heavy atom. The van der Waals surface area contributed by atoms with Crippen molar-refractivity contribution in [1.29, 1.82) is 0 Å². The summed E-state index contributed by atoms with van der Waals surface area (Å²) in [6.07, 6.45) is 1.44. The third-order valence-corrected chi connectivity index (χ3v) is 5.60. The smallest absolute Gasteiger partial charge is 0.329 e. The third-order valence-electron chi connectivity index (χ3n) is 4.94. The van der Waals surface area contributed by atoms with Crippen LogP contribution < -0.4 is 15.4 Å². The van der Waals surface area contributed by atoms with Gasteiger partial charge in [-0.3, -0.25) is 9.59 Å². The number of anilines is 1. The summed E-state index contributed by atoms with van der Waals surface area (Å²) in [6.45, 7) is 1.57. The minimum Gasteiger partial charge on any atom is -0.497 e. The van der Waals surface area contributed by atoms with Crippen LogP contribution in [0.4, 0.5) is 10.5 Å². The highest BCUT2D eigenvalue weighted by atomic mass is 79.9. The molecule has 0 unspecified atom stereocenters. The van der Waals surface area contributed by atoms with Crippen LogP contribution in [0, 0.1) is 6.92 Å². The van der Waals surface area contributed by atoms with Crippen molar-refractivity contribution >= 4 is 45.5 Å². The summed E-state index contributed by atoms with van der Waals surface area (Å²) in [6, 6.07) is 15.4. The summed E-state index contributed by atoms with van der Waals surface area (Å²) in [5, 5.41) is 5.13. The monoisotopic (exact) mass is 509 g/mol. The van der Waals surface area contributed by atoms with E-state index >= 15 is 0 Å². The molecule has 2 heterocycles. The lowest BCUT2D eigenvalue weighted by Crippen LogP contribution is -2.38. The molecular formula is C24H20BrN3O5. The van der Waals surface area contributed by atoms with Gasteiger partial charge in [0, 0.05) is 21.8 Å². The predicted molar refractivity (Wildman–Crippen MR) is 126 cm³/mol. The molecule has 1 aliphatic rings. The fraction of sp³-hybridized carbons (Fsp3) is 0.125. The molecule has 1 aromatic heterocycles. The number of methoxy groups -OCH3 is 1. The van der Waals surface area contributed by atoms with Crippen LogP contribution in [0.3, 0.4) is 0 Å². The number of hydrogen-bond acceptors (Lipinski definition) is 5. The second-order valence-electron chi connectivity index (χ2n) is 7.34. The molecule has 1 saturated heterocycles. The van der Waals surface area contributed by atoms with Crippen molar-refractivity contribution in [2.45, 2.75) is 6.92 Å². The molecule has 33 heavy (non-hydrogen) atoms. The summed E-state index contributed by atoms with van der Waals surface area (Å²) < 4.78 is 11.8. The van der Waals surface area contributed by atoms with Gasteiger partial charge < -0.3 is 19.8 Å². The molecular weight excluding hydrogens is 490 g/mol. The van der Waals surface area contributed by atoms with E-state index in [0.29, 0.717) is 23.0 Å². The number of benzene rings is 2. The number of hydrogen-bond donors (Lipinski definition) is 2. The van der Waals surface area contributed by atoms with Crippen LogP contribution in [0.25, 0.3) is 17.4 Å². The van der Waals surface area contributed by atoms with Gasteiger partial charge in [0.1, 0.15) is 29.5 Å². The number of aryl methyl sites for hydroxylation is 1. The molecule has 1 aliphatic heterocycles. The van der Waals surface area contributed by atoms with Crippen molar-refractivity contribution in [3.05, 3.63) is 76.1 Å². The maximum absolute atomic E-state index is 12.7. The van der Waals surface area contributed by atoms with Gasteiger partial charge in [-0.1, -0.05) is 22.0 Å². The van der Waals surface area contributed by atoms with E-state index in [0.717, 1.165) is 20.5 Å². The van der Waals surface area contributed by atoms with Gasteiger partial charge in [0.15, 0.2) is 0 Å². The first-order valence-electron chi connectivity index (χ1n) is 9.99. The van der Waals surface area contributed by atoms with Crippen LogP contribution in [0.2, 0.25) is 0 Å². The maximum atomic E-state index is 12.7. The number of urea groups is 1. The molecule has 0 spiro atoms. The molecule has 2 N–H and O–H groups in total. The highest BCUT2D eigenvalue weighted by molar-refractivity contribution is 9.10. The van der Waals surface area contributed by atoms with E-state index in [1.54, 1.807) is 43.5 Å². The van der Waals surface area contributed by atoms with E-state index in [-0.39, 0.29) is 5.70 Å². The zero-order valence-electron chi connectivity index (χ0n) is 17.8. The predicted octanol–water partition coefficient (Wildman–Crippen LogP) is 4.56. The number of carbonyl (C=O) groups excluding carboxylic acids is 3. The van der Waals surface area contributed by atoms with Crippen LogP contribution in [0.15, 0.2) is 69.2 Å². The first kappa shape index (κ1) is 22.3. The van der Waals surface area contributed by atoms with E-state index in [2.05, 4.69) is 26.6 Å². The van der Waals surface area contributed by atoms with Gasteiger partial charge in [0.25, 0.3) is 5.91 Å². The van der Waals surface area contributed by atoms with Gasteiger partial charge in [-0.2, -0.15) is 0 Å². The van der Waals surface area contributed by atoms with E-state index in [4.69, 9.17) is 9.15 Å². The Morgan fingerprint density at radius 3 is 2.61 bits per heavy atom. The Hall–Kier alpha value is -3.85. The normalized spacial score (nSPS) is 14.5. The van der Waals surface area contributed by atoms with Crippen LogP contribution >= 0.6 is 15.9 Å². The molecule has 3 aromatic rings. The fourth-order valence-corrected chi connectivity index (χ4v) is 3.96. The molecule has 0 aliphatic carbocycles. The first-order valence-corrected chi connectivity index (χ1v) is 10.8. The van der Waals surface area contributed by atoms with Crippen LogP contribution in [-0.4, -0.2) is 36.4 Å². The number of ether oxygens (including phenoxy) is 1. The molecule has 0 bridgehead atoms. The Labute approximate surface area is 198 Å². The molecule has 4 amide bonds. The molecule has 8 nitrogen and oxygen atoms in total. The Bertz CT molecular complexity index is 1260. The average molecular weight is 510 g/mol. The average Bonchev–Trinajstić information content (AvgIpc) is 3.34. The van der Waals surface area contributed by atoms with Crippen molar-refractivity contribution < 1.29 is 23.5 Å². The SMILES string of the molecule is COc1ccc(NC(=O)CN2C(=O)N/C(=C\c3ccc(-c4ccc(C)cc4Br)o3)C2=O)cc1. The van der Waals surface area contributed by atoms with E-state index in [1.807, 2.05) is 25.1 Å². The number of amides is 4. The molecule has 2 aromatic carbocycles. The maximum Gasteiger partial charge on any atom is 0.329 e. The zero-order chi connectivity index (χ0) is 23.5. The van der Waals surface area contributed by atoms with Gasteiger partial charge in [-0.05, 0) is 61.0 Å². The number of nitrogens with one attached hydrogen (secondary N) is 2. The number of halogens is 1. The molecule has 9 heteroatoms. The Kier molecular flexibility index (Phi) is 6.32. The molecule has 168 valence electrons. The number of rotatable bonds is 6. The molecule has 4 rings (SSSR count). The van der Waals surface area contributed by atoms with E-state index in [1.165, 1.54) is 6.08 Å². The number of carbonyl (C=O) groups is 3. The van der Waals surface area contributed by atoms with Crippen LogP contribution in [0.5, 0.6) is 5.75 Å². The minimum atomic E-state index is -0.677. The Morgan fingerprint density at radius 1 is 1.15 bits per heavy atom. The van der Waals surface area contributed by atoms with Gasteiger partial charge in [-0.15, -0.1) is 0 Å². The minimum absolute atomic E-state index is 0.0288. The van der Waals surface area contributed by atoms with Crippen LogP contribution in [0.1, 0.15) is 11.3 Å². The van der Waals surface area contributed by atoms with Crippen molar-refractivity contribution in [1.82, 2.24) is 10.2 Å². The van der Waals surface area contributed by atoms with Gasteiger partial charge in [0.2, 0.25) is 5.91 Å². The lowest BCUT2D eigenvalue weighted by molar-refractivity contribution is -0.127.